The monoisotopic (exact) mass is 305 g/mol. The van der Waals surface area contributed by atoms with Gasteiger partial charge in [-0.05, 0) is 6.42 Å². The van der Waals surface area contributed by atoms with Crippen molar-refractivity contribution in [2.24, 2.45) is 0 Å². The molecule has 0 bridgehead atoms. The van der Waals surface area contributed by atoms with Gasteiger partial charge in [0, 0.05) is 24.0 Å². The molecule has 0 aliphatic rings. The van der Waals surface area contributed by atoms with Gasteiger partial charge in [-0.2, -0.15) is 0 Å². The number of carbonyl (C=O) groups is 1. The number of ketones is 1. The molecule has 0 aliphatic carbocycles. The number of halogens is 1. The Morgan fingerprint density at radius 3 is 2.47 bits per heavy atom. The Bertz CT molecular complexity index is 628. The zero-order chi connectivity index (χ0) is 14.8. The molecule has 0 amide bonds. The zero-order valence-electron chi connectivity index (χ0n) is 10.3. The molecule has 19 heavy (non-hydrogen) atoms. The van der Waals surface area contributed by atoms with Gasteiger partial charge in [-0.15, -0.1) is 0 Å². The third-order valence-corrected chi connectivity index (χ3v) is 5.63. The quantitative estimate of drug-likeness (QED) is 0.359. The zero-order valence-corrected chi connectivity index (χ0v) is 11.9. The second-order valence-electron chi connectivity index (χ2n) is 3.99. The lowest BCUT2D eigenvalue weighted by Crippen LogP contribution is -2.40. The van der Waals surface area contributed by atoms with E-state index < -0.39 is 24.8 Å². The van der Waals surface area contributed by atoms with Crippen LogP contribution in [0.2, 0.25) is 0 Å². The Kier molecular flexibility index (Phi) is 4.32. The summed E-state index contributed by atoms with van der Waals surface area (Å²) < 4.78 is 21.2. The largest absolute Gasteiger partial charge is 0.291 e. The maximum atomic E-state index is 12.2. The summed E-state index contributed by atoms with van der Waals surface area (Å²) in [6, 6.07) is 4.83. The molecule has 1 atom stereocenters. The third-order valence-electron chi connectivity index (χ3n) is 2.70. The minimum Gasteiger partial charge on any atom is -0.291 e. The van der Waals surface area contributed by atoms with E-state index in [1.54, 1.807) is 0 Å². The molecule has 1 aromatic carbocycles. The van der Waals surface area contributed by atoms with Crippen molar-refractivity contribution in [1.29, 1.82) is 0 Å². The van der Waals surface area contributed by atoms with Crippen molar-refractivity contribution in [2.75, 3.05) is 6.26 Å². The van der Waals surface area contributed by atoms with E-state index in [0.29, 0.717) is 0 Å². The van der Waals surface area contributed by atoms with Crippen LogP contribution in [-0.4, -0.2) is 29.6 Å². The fraction of sp³-hybridized carbons (Fsp3) is 0.364. The molecule has 0 aromatic heterocycles. The number of alkyl halides is 1. The summed E-state index contributed by atoms with van der Waals surface area (Å²) in [5, 5.41) is 10.6. The van der Waals surface area contributed by atoms with E-state index in [4.69, 9.17) is 11.6 Å². The van der Waals surface area contributed by atoms with Crippen LogP contribution >= 0.6 is 11.6 Å². The summed E-state index contributed by atoms with van der Waals surface area (Å²) in [7, 11) is -3.85. The molecule has 0 aliphatic heterocycles. The topological polar surface area (TPSA) is 94.3 Å². The molecule has 0 saturated carbocycles. The van der Waals surface area contributed by atoms with Crippen molar-refractivity contribution in [1.82, 2.24) is 0 Å². The number of carbonyl (C=O) groups excluding carboxylic acids is 1. The molecule has 1 aromatic rings. The number of hydrogen-bond donors (Lipinski definition) is 0. The number of benzene rings is 1. The summed E-state index contributed by atoms with van der Waals surface area (Å²) in [6.07, 6.45) is 0.730. The van der Waals surface area contributed by atoms with E-state index in [0.717, 1.165) is 12.3 Å². The number of nitrogens with zero attached hydrogens (tertiary/aromatic N) is 1. The van der Waals surface area contributed by atoms with Crippen LogP contribution in [0.3, 0.4) is 0 Å². The second kappa shape index (κ2) is 5.26. The van der Waals surface area contributed by atoms with Gasteiger partial charge in [0.05, 0.1) is 4.92 Å². The lowest BCUT2D eigenvalue weighted by molar-refractivity contribution is -0.384. The van der Waals surface area contributed by atoms with Crippen molar-refractivity contribution in [3.63, 3.8) is 0 Å². The van der Waals surface area contributed by atoms with Gasteiger partial charge < -0.3 is 0 Å². The maximum absolute atomic E-state index is 12.2. The first-order valence-corrected chi connectivity index (χ1v) is 7.58. The van der Waals surface area contributed by atoms with Gasteiger partial charge in [-0.3, -0.25) is 14.9 Å². The molecule has 0 fully saturated rings. The first kappa shape index (κ1) is 15.6. The maximum Gasteiger partial charge on any atom is 0.270 e. The van der Waals surface area contributed by atoms with E-state index in [1.165, 1.54) is 25.1 Å². The number of non-ortho nitro benzene ring substituents is 1. The summed E-state index contributed by atoms with van der Waals surface area (Å²) >= 11 is 5.91. The van der Waals surface area contributed by atoms with Crippen LogP contribution in [-0.2, 0) is 9.84 Å². The van der Waals surface area contributed by atoms with Crippen molar-refractivity contribution in [3.05, 3.63) is 39.9 Å². The highest BCUT2D eigenvalue weighted by atomic mass is 35.5. The lowest BCUT2D eigenvalue weighted by atomic mass is 10.1. The minimum atomic E-state index is -3.85. The van der Waals surface area contributed by atoms with Crippen LogP contribution < -0.4 is 0 Å². The van der Waals surface area contributed by atoms with Crippen molar-refractivity contribution < 1.29 is 18.1 Å². The van der Waals surface area contributed by atoms with Crippen LogP contribution in [0.5, 0.6) is 0 Å². The molecule has 0 radical (unpaired) electrons. The van der Waals surface area contributed by atoms with Gasteiger partial charge in [-0.1, -0.05) is 30.7 Å². The number of nitro groups is 1. The van der Waals surface area contributed by atoms with Crippen LogP contribution in [0, 0.1) is 10.1 Å². The summed E-state index contributed by atoms with van der Waals surface area (Å²) in [6.45, 7) is 1.46. The van der Waals surface area contributed by atoms with Crippen LogP contribution in [0.1, 0.15) is 23.7 Å². The Labute approximate surface area is 115 Å². The van der Waals surface area contributed by atoms with Crippen LogP contribution in [0.25, 0.3) is 0 Å². The third kappa shape index (κ3) is 2.93. The fourth-order valence-corrected chi connectivity index (χ4v) is 2.66. The first-order valence-electron chi connectivity index (χ1n) is 5.31. The van der Waals surface area contributed by atoms with E-state index in [-0.39, 0.29) is 17.7 Å². The molecule has 8 heteroatoms. The summed E-state index contributed by atoms with van der Waals surface area (Å²) in [5.74, 6) is -0.858. The first-order chi connectivity index (χ1) is 8.63. The predicted octanol–water partition coefficient (Wildman–Crippen LogP) is 2.17. The van der Waals surface area contributed by atoms with Crippen molar-refractivity contribution >= 4 is 32.9 Å². The van der Waals surface area contributed by atoms with Gasteiger partial charge in [0.1, 0.15) is 0 Å². The highest BCUT2D eigenvalue weighted by Crippen LogP contribution is 2.31. The highest BCUT2D eigenvalue weighted by molar-refractivity contribution is 7.94. The van der Waals surface area contributed by atoms with Gasteiger partial charge in [-0.25, -0.2) is 8.42 Å². The molecular formula is C11H12ClNO5S. The van der Waals surface area contributed by atoms with Crippen LogP contribution in [0.15, 0.2) is 24.3 Å². The van der Waals surface area contributed by atoms with Gasteiger partial charge in [0.2, 0.25) is 4.21 Å². The Morgan fingerprint density at radius 2 is 2.05 bits per heavy atom. The van der Waals surface area contributed by atoms with E-state index in [1.807, 2.05) is 0 Å². The Balaban J connectivity index is 3.34. The van der Waals surface area contributed by atoms with Gasteiger partial charge in [0.25, 0.3) is 5.69 Å². The minimum absolute atomic E-state index is 0.100. The Morgan fingerprint density at radius 1 is 1.47 bits per heavy atom. The number of Topliss-reactive ketones (excluding diaryl/α,β-unsaturated/α-hetero) is 1. The van der Waals surface area contributed by atoms with Crippen molar-refractivity contribution in [2.45, 2.75) is 17.6 Å². The van der Waals surface area contributed by atoms with E-state index in [2.05, 4.69) is 0 Å². The van der Waals surface area contributed by atoms with Crippen molar-refractivity contribution in [3.8, 4) is 0 Å². The number of sulfone groups is 1. The predicted molar refractivity (Wildman–Crippen MR) is 71.1 cm³/mol. The van der Waals surface area contributed by atoms with E-state index >= 15 is 0 Å². The SMILES string of the molecule is CCC(Cl)(C(=O)c1cccc([N+](=O)[O-])c1)S(C)(=O)=O. The van der Waals surface area contributed by atoms with E-state index in [9.17, 15) is 23.3 Å². The standard InChI is InChI=1S/C11H12ClNO5S/c1-3-11(12,19(2,17)18)10(14)8-5-4-6-9(7-8)13(15)16/h4-7H,3H2,1-2H3. The molecule has 0 N–H and O–H groups in total. The average molecular weight is 306 g/mol. The molecule has 0 spiro atoms. The lowest BCUT2D eigenvalue weighted by Gasteiger charge is -2.21. The molecule has 1 unspecified atom stereocenters. The number of rotatable bonds is 5. The second-order valence-corrected chi connectivity index (χ2v) is 7.10. The molecule has 6 nitrogen and oxygen atoms in total. The fourth-order valence-electron chi connectivity index (χ4n) is 1.57. The number of nitro benzene ring substituents is 1. The normalized spacial score (nSPS) is 14.7. The molecule has 0 saturated heterocycles. The molecule has 1 rings (SSSR count). The summed E-state index contributed by atoms with van der Waals surface area (Å²) in [4.78, 5) is 22.2. The summed E-state index contributed by atoms with van der Waals surface area (Å²) in [5.41, 5.74) is -0.397. The van der Waals surface area contributed by atoms with Gasteiger partial charge in [0.15, 0.2) is 15.6 Å². The number of hydrogen-bond acceptors (Lipinski definition) is 5. The van der Waals surface area contributed by atoms with Gasteiger partial charge >= 0.3 is 0 Å². The smallest absolute Gasteiger partial charge is 0.270 e. The Hall–Kier alpha value is -1.47. The highest BCUT2D eigenvalue weighted by Gasteiger charge is 2.45. The molecule has 0 heterocycles. The molecule has 104 valence electrons. The molecular weight excluding hydrogens is 294 g/mol. The van der Waals surface area contributed by atoms with Crippen LogP contribution in [0.4, 0.5) is 5.69 Å². The average Bonchev–Trinajstić information content (AvgIpc) is 2.35.